The van der Waals surface area contributed by atoms with Gasteiger partial charge in [0.2, 0.25) is 0 Å². The molecule has 0 aromatic carbocycles. The summed E-state index contributed by atoms with van der Waals surface area (Å²) in [5.41, 5.74) is 7.16. The minimum absolute atomic E-state index is 0.265. The minimum atomic E-state index is -0.935. The smallest absolute Gasteiger partial charge is 0.323 e. The fourth-order valence-corrected chi connectivity index (χ4v) is 1.27. The highest BCUT2D eigenvalue weighted by molar-refractivity contribution is 5.78. The Bertz CT molecular complexity index is 274. The molecule has 0 aromatic rings. The Morgan fingerprint density at radius 2 is 2.25 bits per heavy atom. The van der Waals surface area contributed by atoms with Gasteiger partial charge in [-0.25, -0.2) is 0 Å². The van der Waals surface area contributed by atoms with Gasteiger partial charge in [0, 0.05) is 18.0 Å². The molecule has 16 heavy (non-hydrogen) atoms. The Morgan fingerprint density at radius 1 is 1.62 bits per heavy atom. The molecule has 6 heteroatoms. The maximum Gasteiger partial charge on any atom is 0.323 e. The number of hydrogen-bond acceptors (Lipinski definition) is 3. The van der Waals surface area contributed by atoms with Crippen LogP contribution in [-0.4, -0.2) is 29.7 Å². The summed E-state index contributed by atoms with van der Waals surface area (Å²) in [5.74, 6) is -0.397. The molecule has 0 aromatic heterocycles. The highest BCUT2D eigenvalue weighted by Gasteiger charge is 2.31. The summed E-state index contributed by atoms with van der Waals surface area (Å²) >= 11 is 0. The van der Waals surface area contributed by atoms with Crippen molar-refractivity contribution in [3.63, 3.8) is 0 Å². The van der Waals surface area contributed by atoms with Crippen LogP contribution in [0.25, 0.3) is 10.4 Å². The molecule has 0 aliphatic carbocycles. The van der Waals surface area contributed by atoms with Crippen LogP contribution in [0.2, 0.25) is 0 Å². The van der Waals surface area contributed by atoms with Crippen LogP contribution in [0.4, 0.5) is 0 Å². The molecule has 0 amide bonds. The number of azide groups is 1. The third-order valence-corrected chi connectivity index (χ3v) is 2.48. The van der Waals surface area contributed by atoms with Crippen LogP contribution >= 0.6 is 0 Å². The van der Waals surface area contributed by atoms with Crippen LogP contribution in [0.15, 0.2) is 5.11 Å². The summed E-state index contributed by atoms with van der Waals surface area (Å²) < 4.78 is 0. The molecule has 0 rings (SSSR count). The molecular weight excluding hydrogens is 208 g/mol. The zero-order valence-electron chi connectivity index (χ0n) is 10.1. The zero-order chi connectivity index (χ0) is 12.6. The van der Waals surface area contributed by atoms with Crippen LogP contribution < -0.4 is 5.32 Å². The molecule has 0 heterocycles. The molecule has 92 valence electrons. The van der Waals surface area contributed by atoms with Crippen molar-refractivity contribution >= 4 is 5.97 Å². The average molecular weight is 228 g/mol. The molecule has 2 N–H and O–H groups in total. The predicted octanol–water partition coefficient (Wildman–Crippen LogP) is 2.17. The van der Waals surface area contributed by atoms with E-state index in [0.717, 1.165) is 6.42 Å². The van der Waals surface area contributed by atoms with Crippen molar-refractivity contribution in [2.45, 2.75) is 39.2 Å². The largest absolute Gasteiger partial charge is 0.480 e. The maximum absolute atomic E-state index is 11.1. The predicted molar refractivity (Wildman–Crippen MR) is 62.1 cm³/mol. The van der Waals surface area contributed by atoms with Crippen LogP contribution in [0.5, 0.6) is 0 Å². The third-order valence-electron chi connectivity index (χ3n) is 2.48. The van der Waals surface area contributed by atoms with E-state index in [4.69, 9.17) is 10.6 Å². The summed E-state index contributed by atoms with van der Waals surface area (Å²) in [5, 5.41) is 15.4. The lowest BCUT2D eigenvalue weighted by Crippen LogP contribution is -2.50. The van der Waals surface area contributed by atoms with Crippen molar-refractivity contribution in [2.24, 2.45) is 11.0 Å². The van der Waals surface area contributed by atoms with Crippen molar-refractivity contribution in [1.82, 2.24) is 5.32 Å². The van der Waals surface area contributed by atoms with E-state index < -0.39 is 11.5 Å². The number of nitrogens with one attached hydrogen (secondary N) is 1. The Kier molecular flexibility index (Phi) is 6.53. The molecule has 1 atom stereocenters. The van der Waals surface area contributed by atoms with Crippen LogP contribution in [-0.2, 0) is 4.79 Å². The van der Waals surface area contributed by atoms with E-state index in [9.17, 15) is 4.79 Å². The zero-order valence-corrected chi connectivity index (χ0v) is 10.1. The van der Waals surface area contributed by atoms with Crippen molar-refractivity contribution < 1.29 is 9.90 Å². The number of carboxylic acid groups (broad SMARTS) is 1. The van der Waals surface area contributed by atoms with E-state index in [1.807, 2.05) is 0 Å². The lowest BCUT2D eigenvalue weighted by molar-refractivity contribution is -0.144. The lowest BCUT2D eigenvalue weighted by atomic mass is 9.92. The van der Waals surface area contributed by atoms with Crippen LogP contribution in [0.3, 0.4) is 0 Å². The van der Waals surface area contributed by atoms with E-state index in [2.05, 4.69) is 29.2 Å². The van der Waals surface area contributed by atoms with Gasteiger partial charge in [-0.2, -0.15) is 0 Å². The molecule has 0 aliphatic heterocycles. The van der Waals surface area contributed by atoms with Gasteiger partial charge < -0.3 is 10.4 Å². The van der Waals surface area contributed by atoms with Crippen LogP contribution in [0, 0.1) is 5.92 Å². The summed E-state index contributed by atoms with van der Waals surface area (Å²) in [6.45, 7) is 6.42. The second-order valence-electron chi connectivity index (χ2n) is 4.45. The Balaban J connectivity index is 4.22. The molecule has 0 fully saturated rings. The van der Waals surface area contributed by atoms with Gasteiger partial charge in [0.1, 0.15) is 5.54 Å². The molecule has 0 saturated carbocycles. The molecular formula is C10H20N4O2. The second kappa shape index (κ2) is 7.09. The van der Waals surface area contributed by atoms with Gasteiger partial charge in [-0.05, 0) is 31.2 Å². The number of aliphatic carboxylic acids is 1. The fraction of sp³-hybridized carbons (Fsp3) is 0.900. The molecule has 6 nitrogen and oxygen atoms in total. The number of carboxylic acids is 1. The number of carbonyl (C=O) groups is 1. The third kappa shape index (κ3) is 5.58. The lowest BCUT2D eigenvalue weighted by Gasteiger charge is -2.26. The number of nitrogens with zero attached hydrogens (tertiary/aromatic N) is 3. The summed E-state index contributed by atoms with van der Waals surface area (Å²) in [6, 6.07) is 0. The van der Waals surface area contributed by atoms with E-state index in [1.54, 1.807) is 6.92 Å². The van der Waals surface area contributed by atoms with Gasteiger partial charge >= 0.3 is 5.97 Å². The van der Waals surface area contributed by atoms with Gasteiger partial charge in [-0.15, -0.1) is 0 Å². The van der Waals surface area contributed by atoms with Gasteiger partial charge in [-0.3, -0.25) is 4.79 Å². The fourth-order valence-electron chi connectivity index (χ4n) is 1.27. The second-order valence-corrected chi connectivity index (χ2v) is 4.45. The first-order valence-electron chi connectivity index (χ1n) is 5.41. The van der Waals surface area contributed by atoms with Gasteiger partial charge in [-0.1, -0.05) is 19.0 Å². The molecule has 0 bridgehead atoms. The number of rotatable bonds is 8. The maximum atomic E-state index is 11.1. The average Bonchev–Trinajstić information content (AvgIpc) is 2.21. The Labute approximate surface area is 95.7 Å². The first kappa shape index (κ1) is 14.7. The summed E-state index contributed by atoms with van der Waals surface area (Å²) in [4.78, 5) is 13.7. The summed E-state index contributed by atoms with van der Waals surface area (Å²) in [7, 11) is 0. The van der Waals surface area contributed by atoms with Crippen molar-refractivity contribution in [2.75, 3.05) is 13.1 Å². The normalized spacial score (nSPS) is 14.2. The molecule has 1 unspecified atom stereocenters. The van der Waals surface area contributed by atoms with Crippen molar-refractivity contribution in [3.05, 3.63) is 10.4 Å². The van der Waals surface area contributed by atoms with Crippen molar-refractivity contribution in [1.29, 1.82) is 0 Å². The molecule has 0 aliphatic rings. The topological polar surface area (TPSA) is 98.1 Å². The van der Waals surface area contributed by atoms with Gasteiger partial charge in [0.15, 0.2) is 0 Å². The SMILES string of the molecule is CC(C)CCC(C)(NCCN=[N+]=[N-])C(=O)O. The number of hydrogen-bond donors (Lipinski definition) is 2. The van der Waals surface area contributed by atoms with Crippen molar-refractivity contribution in [3.8, 4) is 0 Å². The standard InChI is InChI=1S/C10H20N4O2/c1-8(2)4-5-10(3,9(15)16)12-6-7-13-14-11/h8,12H,4-7H2,1-3H3,(H,15,16). The highest BCUT2D eigenvalue weighted by Crippen LogP contribution is 2.16. The van der Waals surface area contributed by atoms with Crippen LogP contribution in [0.1, 0.15) is 33.6 Å². The van der Waals surface area contributed by atoms with E-state index in [-0.39, 0.29) is 6.54 Å². The van der Waals surface area contributed by atoms with E-state index in [0.29, 0.717) is 18.9 Å². The highest BCUT2D eigenvalue weighted by atomic mass is 16.4. The molecule has 0 spiro atoms. The molecule has 0 saturated heterocycles. The minimum Gasteiger partial charge on any atom is -0.480 e. The summed E-state index contributed by atoms with van der Waals surface area (Å²) in [6.07, 6.45) is 1.41. The van der Waals surface area contributed by atoms with E-state index >= 15 is 0 Å². The quantitative estimate of drug-likeness (QED) is 0.288. The van der Waals surface area contributed by atoms with E-state index in [1.165, 1.54) is 0 Å². The Morgan fingerprint density at radius 3 is 2.69 bits per heavy atom. The Hall–Kier alpha value is -1.26. The first-order chi connectivity index (χ1) is 7.42. The van der Waals surface area contributed by atoms with Gasteiger partial charge in [0.25, 0.3) is 0 Å². The monoisotopic (exact) mass is 228 g/mol. The first-order valence-corrected chi connectivity index (χ1v) is 5.41. The van der Waals surface area contributed by atoms with Gasteiger partial charge in [0.05, 0.1) is 0 Å². The molecule has 0 radical (unpaired) electrons.